The molecule has 1 saturated heterocycles. The molecule has 0 aliphatic carbocycles. The number of pyridine rings is 1. The van der Waals surface area contributed by atoms with Crippen LogP contribution in [0.25, 0.3) is 10.8 Å². The highest BCUT2D eigenvalue weighted by atomic mass is 16.5. The van der Waals surface area contributed by atoms with Gasteiger partial charge >= 0.3 is 0 Å². The van der Waals surface area contributed by atoms with Crippen molar-refractivity contribution in [2.75, 3.05) is 6.61 Å². The SMILES string of the molecule is Cc1c(C#N)c(O)n(CC2CCCO2)c(=O)c1N=Nc1ccc2ccccc2c1. The molecule has 0 amide bonds. The average Bonchev–Trinajstić information content (AvgIpc) is 3.24. The maximum Gasteiger partial charge on any atom is 0.281 e. The van der Waals surface area contributed by atoms with Gasteiger partial charge in [0.25, 0.3) is 5.56 Å². The minimum atomic E-state index is -0.487. The van der Waals surface area contributed by atoms with Crippen LogP contribution in [0.15, 0.2) is 57.5 Å². The van der Waals surface area contributed by atoms with Crippen LogP contribution in [0.1, 0.15) is 24.0 Å². The first kappa shape index (κ1) is 18.8. The predicted molar refractivity (Wildman–Crippen MR) is 109 cm³/mol. The van der Waals surface area contributed by atoms with Crippen molar-refractivity contribution in [3.05, 3.63) is 63.9 Å². The van der Waals surface area contributed by atoms with Gasteiger partial charge in [-0.05, 0) is 42.7 Å². The van der Waals surface area contributed by atoms with E-state index in [0.29, 0.717) is 17.9 Å². The van der Waals surface area contributed by atoms with Crippen molar-refractivity contribution >= 4 is 22.1 Å². The standard InChI is InChI=1S/C22H20N4O3/c1-14-19(12-23)21(27)26(13-18-7-4-10-29-18)22(28)20(14)25-24-17-9-8-15-5-2-3-6-16(15)11-17/h2-3,5-6,8-9,11,18,27H,4,7,10,13H2,1H3. The van der Waals surface area contributed by atoms with Gasteiger partial charge in [-0.3, -0.25) is 9.36 Å². The minimum Gasteiger partial charge on any atom is -0.493 e. The maximum absolute atomic E-state index is 13.0. The van der Waals surface area contributed by atoms with E-state index < -0.39 is 5.56 Å². The van der Waals surface area contributed by atoms with Crippen LogP contribution in [-0.4, -0.2) is 22.4 Å². The molecule has 1 aliphatic rings. The highest BCUT2D eigenvalue weighted by Gasteiger charge is 2.23. The number of aromatic hydroxyl groups is 1. The van der Waals surface area contributed by atoms with Crippen LogP contribution in [-0.2, 0) is 11.3 Å². The molecule has 1 aliphatic heterocycles. The van der Waals surface area contributed by atoms with E-state index in [1.165, 1.54) is 0 Å². The fourth-order valence-corrected chi connectivity index (χ4v) is 3.57. The third kappa shape index (κ3) is 3.62. The molecule has 0 radical (unpaired) electrons. The van der Waals surface area contributed by atoms with Gasteiger partial charge in [-0.2, -0.15) is 10.4 Å². The van der Waals surface area contributed by atoms with Gasteiger partial charge in [-0.25, -0.2) is 0 Å². The average molecular weight is 388 g/mol. The van der Waals surface area contributed by atoms with Crippen molar-refractivity contribution in [3.63, 3.8) is 0 Å². The number of rotatable bonds is 4. The summed E-state index contributed by atoms with van der Waals surface area (Å²) in [4.78, 5) is 13.0. The summed E-state index contributed by atoms with van der Waals surface area (Å²) in [5, 5.41) is 30.4. The quantitative estimate of drug-likeness (QED) is 0.666. The Labute approximate surface area is 167 Å². The molecule has 0 saturated carbocycles. The molecule has 0 bridgehead atoms. The van der Waals surface area contributed by atoms with E-state index in [4.69, 9.17) is 4.74 Å². The summed E-state index contributed by atoms with van der Waals surface area (Å²) < 4.78 is 6.74. The zero-order valence-electron chi connectivity index (χ0n) is 16.0. The van der Waals surface area contributed by atoms with Gasteiger partial charge in [-0.15, -0.1) is 5.11 Å². The first-order valence-electron chi connectivity index (χ1n) is 9.47. The molecule has 0 spiro atoms. The molecule has 2 aromatic carbocycles. The number of nitrogens with zero attached hydrogens (tertiary/aromatic N) is 4. The van der Waals surface area contributed by atoms with Crippen molar-refractivity contribution in [2.24, 2.45) is 10.2 Å². The Morgan fingerprint density at radius 1 is 1.24 bits per heavy atom. The third-order valence-corrected chi connectivity index (χ3v) is 5.18. The molecule has 7 nitrogen and oxygen atoms in total. The van der Waals surface area contributed by atoms with E-state index in [0.717, 1.165) is 28.2 Å². The summed E-state index contributed by atoms with van der Waals surface area (Å²) >= 11 is 0. The van der Waals surface area contributed by atoms with Gasteiger partial charge in [0.15, 0.2) is 5.69 Å². The van der Waals surface area contributed by atoms with E-state index in [9.17, 15) is 15.2 Å². The molecule has 1 atom stereocenters. The summed E-state index contributed by atoms with van der Waals surface area (Å²) in [6.45, 7) is 2.40. The fourth-order valence-electron chi connectivity index (χ4n) is 3.57. The number of aromatic nitrogens is 1. The Morgan fingerprint density at radius 3 is 2.76 bits per heavy atom. The molecular formula is C22H20N4O3. The molecule has 2 heterocycles. The lowest BCUT2D eigenvalue weighted by atomic mass is 10.1. The summed E-state index contributed by atoms with van der Waals surface area (Å²) in [7, 11) is 0. The van der Waals surface area contributed by atoms with Gasteiger partial charge in [0, 0.05) is 12.2 Å². The summed E-state index contributed by atoms with van der Waals surface area (Å²) in [5.74, 6) is -0.352. The molecule has 1 aromatic heterocycles. The molecule has 7 heteroatoms. The second kappa shape index (κ2) is 7.86. The Morgan fingerprint density at radius 2 is 2.03 bits per heavy atom. The second-order valence-corrected chi connectivity index (χ2v) is 7.07. The monoisotopic (exact) mass is 388 g/mol. The number of azo groups is 1. The highest BCUT2D eigenvalue weighted by molar-refractivity contribution is 5.85. The molecular weight excluding hydrogens is 368 g/mol. The molecule has 1 fully saturated rings. The second-order valence-electron chi connectivity index (χ2n) is 7.07. The van der Waals surface area contributed by atoms with Crippen LogP contribution in [0.4, 0.5) is 11.4 Å². The zero-order chi connectivity index (χ0) is 20.4. The number of ether oxygens (including phenoxy) is 1. The van der Waals surface area contributed by atoms with E-state index in [2.05, 4.69) is 10.2 Å². The van der Waals surface area contributed by atoms with Gasteiger partial charge < -0.3 is 9.84 Å². The normalized spacial score (nSPS) is 16.5. The maximum atomic E-state index is 13.0. The molecule has 146 valence electrons. The van der Waals surface area contributed by atoms with Crippen molar-refractivity contribution < 1.29 is 9.84 Å². The minimum absolute atomic E-state index is 0.0232. The van der Waals surface area contributed by atoms with E-state index in [1.54, 1.807) is 6.92 Å². The number of benzene rings is 2. The Balaban J connectivity index is 1.76. The number of nitriles is 1. The van der Waals surface area contributed by atoms with Crippen molar-refractivity contribution in [1.29, 1.82) is 5.26 Å². The summed E-state index contributed by atoms with van der Waals surface area (Å²) in [5.41, 5.74) is 0.488. The third-order valence-electron chi connectivity index (χ3n) is 5.18. The van der Waals surface area contributed by atoms with Crippen LogP contribution in [0, 0.1) is 18.3 Å². The first-order valence-corrected chi connectivity index (χ1v) is 9.47. The summed E-state index contributed by atoms with van der Waals surface area (Å²) in [6.07, 6.45) is 1.54. The molecule has 1 N–H and O–H groups in total. The van der Waals surface area contributed by atoms with E-state index in [-0.39, 0.29) is 29.8 Å². The van der Waals surface area contributed by atoms with Gasteiger partial charge in [0.1, 0.15) is 11.6 Å². The highest BCUT2D eigenvalue weighted by Crippen LogP contribution is 2.29. The first-order chi connectivity index (χ1) is 14.1. The molecule has 4 rings (SSSR count). The molecule has 1 unspecified atom stereocenters. The number of hydrogen-bond donors (Lipinski definition) is 1. The Hall–Kier alpha value is -3.50. The number of fused-ring (bicyclic) bond motifs is 1. The Bertz CT molecular complexity index is 1200. The van der Waals surface area contributed by atoms with Crippen molar-refractivity contribution in [1.82, 2.24) is 4.57 Å². The Kier molecular flexibility index (Phi) is 5.10. The predicted octanol–water partition coefficient (Wildman–Crippen LogP) is 4.48. The van der Waals surface area contributed by atoms with Gasteiger partial charge in [0.05, 0.1) is 18.3 Å². The van der Waals surface area contributed by atoms with Gasteiger partial charge in [0.2, 0.25) is 5.88 Å². The van der Waals surface area contributed by atoms with Crippen LogP contribution >= 0.6 is 0 Å². The van der Waals surface area contributed by atoms with E-state index >= 15 is 0 Å². The van der Waals surface area contributed by atoms with Crippen LogP contribution in [0.5, 0.6) is 5.88 Å². The molecule has 3 aromatic rings. The fraction of sp³-hybridized carbons (Fsp3) is 0.273. The van der Waals surface area contributed by atoms with Crippen molar-refractivity contribution in [3.8, 4) is 11.9 Å². The molecule has 29 heavy (non-hydrogen) atoms. The van der Waals surface area contributed by atoms with Gasteiger partial charge in [-0.1, -0.05) is 30.3 Å². The van der Waals surface area contributed by atoms with Crippen LogP contribution in [0.2, 0.25) is 0 Å². The van der Waals surface area contributed by atoms with E-state index in [1.807, 2.05) is 48.5 Å². The lowest BCUT2D eigenvalue weighted by Crippen LogP contribution is -2.27. The lowest BCUT2D eigenvalue weighted by Gasteiger charge is -2.16. The lowest BCUT2D eigenvalue weighted by molar-refractivity contribution is 0.0939. The van der Waals surface area contributed by atoms with Crippen LogP contribution < -0.4 is 5.56 Å². The summed E-state index contributed by atoms with van der Waals surface area (Å²) in [6, 6.07) is 15.5. The van der Waals surface area contributed by atoms with Crippen molar-refractivity contribution in [2.45, 2.75) is 32.4 Å². The van der Waals surface area contributed by atoms with Crippen LogP contribution in [0.3, 0.4) is 0 Å². The number of hydrogen-bond acceptors (Lipinski definition) is 6. The smallest absolute Gasteiger partial charge is 0.281 e. The largest absolute Gasteiger partial charge is 0.493 e. The topological polar surface area (TPSA) is 100.0 Å². The zero-order valence-corrected chi connectivity index (χ0v) is 16.0.